The zero-order valence-corrected chi connectivity index (χ0v) is 43.0. The summed E-state index contributed by atoms with van der Waals surface area (Å²) in [6, 6.07) is 18.4. The second kappa shape index (κ2) is 42.9. The van der Waals surface area contributed by atoms with E-state index in [1.54, 1.807) is 20.8 Å². The molecule has 2 aromatic carbocycles. The third-order valence-electron chi connectivity index (χ3n) is 7.60. The molecule has 0 saturated heterocycles. The first kappa shape index (κ1) is 68.3. The van der Waals surface area contributed by atoms with E-state index in [4.69, 9.17) is 58.2 Å². The van der Waals surface area contributed by atoms with E-state index in [-0.39, 0.29) is 154 Å². The summed E-state index contributed by atoms with van der Waals surface area (Å²) >= 11 is 0. The standard InChI is InChI=1S/C24H36N2O9.C17H23NO8.C7H15NO2.ClH/c1-24(2,3)35-22(29)9-10-25-20(27)17-32-13-11-31-12-14-33-18-21(28)26-15-23(30)34-16-19-7-5-4-6-8-19;19-15(12-24-8-6-23-7-9-25-13-16(20)21)18-10-17(22)26-11-14-4-2-1-3-5-14;1-7(2,3)10-6(9)4-5-8;/h4-8H,9-18H2,1-3H3,(H,25,27)(H,26,28);1-5H,6-13H2,(H,18,19)(H,20,21);4-5,8H2,1-3H3;1H. The first-order valence-corrected chi connectivity index (χ1v) is 22.7. The highest BCUT2D eigenvalue weighted by Crippen LogP contribution is 2.08. The zero-order valence-electron chi connectivity index (χ0n) is 42.2. The predicted octanol–water partition coefficient (Wildman–Crippen LogP) is 1.82. The molecule has 0 bridgehead atoms. The van der Waals surface area contributed by atoms with Gasteiger partial charge in [-0.2, -0.15) is 0 Å². The Morgan fingerprint density at radius 3 is 1.15 bits per heavy atom. The van der Waals surface area contributed by atoms with E-state index in [9.17, 15) is 38.4 Å². The summed E-state index contributed by atoms with van der Waals surface area (Å²) in [4.78, 5) is 90.4. The average Bonchev–Trinajstić information content (AvgIpc) is 3.30. The van der Waals surface area contributed by atoms with Gasteiger partial charge in [-0.25, -0.2) is 4.79 Å². The molecule has 2 rings (SSSR count). The van der Waals surface area contributed by atoms with Crippen LogP contribution in [0.4, 0.5) is 0 Å². The number of hydrogen-bond donors (Lipinski definition) is 5. The molecule has 0 unspecified atom stereocenters. The predicted molar refractivity (Wildman–Crippen MR) is 261 cm³/mol. The van der Waals surface area contributed by atoms with Crippen molar-refractivity contribution in [1.29, 1.82) is 0 Å². The molecule has 3 amide bonds. The minimum atomic E-state index is -1.04. The molecule has 0 aromatic heterocycles. The molecule has 0 aliphatic heterocycles. The van der Waals surface area contributed by atoms with Crippen LogP contribution in [0.25, 0.3) is 0 Å². The minimum Gasteiger partial charge on any atom is -0.480 e. The summed E-state index contributed by atoms with van der Waals surface area (Å²) in [7, 11) is 0. The van der Waals surface area contributed by atoms with Gasteiger partial charge < -0.3 is 74.2 Å². The largest absolute Gasteiger partial charge is 0.480 e. The Morgan fingerprint density at radius 2 is 0.806 bits per heavy atom. The molecule has 0 aliphatic carbocycles. The van der Waals surface area contributed by atoms with E-state index in [2.05, 4.69) is 16.0 Å². The fourth-order valence-electron chi connectivity index (χ4n) is 4.61. The Kier molecular flexibility index (Phi) is 40.6. The van der Waals surface area contributed by atoms with Gasteiger partial charge in [-0.3, -0.25) is 33.6 Å². The molecule has 0 fully saturated rings. The maximum Gasteiger partial charge on any atom is 0.329 e. The van der Waals surface area contributed by atoms with E-state index in [0.717, 1.165) is 11.1 Å². The highest BCUT2D eigenvalue weighted by Gasteiger charge is 2.17. The molecule has 2 aromatic rings. The number of carbonyl (C=O) groups is 8. The van der Waals surface area contributed by atoms with Crippen molar-refractivity contribution >= 4 is 60.0 Å². The maximum atomic E-state index is 11.7. The van der Waals surface area contributed by atoms with Crippen molar-refractivity contribution in [2.45, 2.75) is 78.8 Å². The third kappa shape index (κ3) is 47.9. The number of nitrogens with one attached hydrogen (secondary N) is 3. The lowest BCUT2D eigenvalue weighted by atomic mass is 10.2. The zero-order chi connectivity index (χ0) is 53.2. The van der Waals surface area contributed by atoms with Crippen LogP contribution in [0.5, 0.6) is 0 Å². The lowest BCUT2D eigenvalue weighted by molar-refractivity contribution is -0.155. The molecular formula is C48H75ClN4O19. The van der Waals surface area contributed by atoms with Crippen LogP contribution in [0, 0.1) is 0 Å². The summed E-state index contributed by atoms with van der Waals surface area (Å²) < 4.78 is 50.8. The minimum absolute atomic E-state index is 0. The molecule has 0 heterocycles. The quantitative estimate of drug-likeness (QED) is 0.0387. The van der Waals surface area contributed by atoms with Crippen LogP contribution in [0.15, 0.2) is 60.7 Å². The van der Waals surface area contributed by atoms with Crippen molar-refractivity contribution in [3.05, 3.63) is 71.8 Å². The van der Waals surface area contributed by atoms with Crippen LogP contribution in [0.1, 0.15) is 65.5 Å². The topological polar surface area (TPSA) is 311 Å². The summed E-state index contributed by atoms with van der Waals surface area (Å²) in [6.45, 7) is 11.9. The number of carbonyl (C=O) groups excluding carboxylic acids is 7. The van der Waals surface area contributed by atoms with Gasteiger partial charge in [0.1, 0.15) is 63.9 Å². The molecule has 24 heteroatoms. The number of carboxylic acids is 1. The van der Waals surface area contributed by atoms with Gasteiger partial charge in [-0.15, -0.1) is 12.4 Å². The average molecular weight is 1050 g/mol. The molecule has 408 valence electrons. The molecule has 72 heavy (non-hydrogen) atoms. The molecule has 0 spiro atoms. The summed E-state index contributed by atoms with van der Waals surface area (Å²) in [5.74, 6) is -3.94. The monoisotopic (exact) mass is 1050 g/mol. The van der Waals surface area contributed by atoms with Crippen molar-refractivity contribution in [3.8, 4) is 0 Å². The van der Waals surface area contributed by atoms with Crippen LogP contribution >= 0.6 is 12.4 Å². The van der Waals surface area contributed by atoms with Crippen molar-refractivity contribution in [2.24, 2.45) is 5.73 Å². The van der Waals surface area contributed by atoms with E-state index in [1.807, 2.05) is 81.4 Å². The number of carboxylic acid groups (broad SMARTS) is 1. The first-order chi connectivity index (χ1) is 33.7. The Hall–Kier alpha value is -5.79. The van der Waals surface area contributed by atoms with Crippen molar-refractivity contribution in [3.63, 3.8) is 0 Å². The lowest BCUT2D eigenvalue weighted by Gasteiger charge is -2.19. The van der Waals surface area contributed by atoms with Gasteiger partial charge in [0.05, 0.1) is 65.7 Å². The van der Waals surface area contributed by atoms with Gasteiger partial charge in [0.15, 0.2) is 0 Å². The molecule has 0 radical (unpaired) electrons. The Morgan fingerprint density at radius 1 is 0.472 bits per heavy atom. The maximum absolute atomic E-state index is 11.7. The number of hydrogen-bond acceptors (Lipinski definition) is 19. The molecule has 23 nitrogen and oxygen atoms in total. The highest BCUT2D eigenvalue weighted by molar-refractivity contribution is 5.85. The van der Waals surface area contributed by atoms with Crippen molar-refractivity contribution in [1.82, 2.24) is 16.0 Å². The number of esters is 4. The van der Waals surface area contributed by atoms with Crippen LogP contribution in [-0.2, 0) is 98.9 Å². The van der Waals surface area contributed by atoms with Crippen LogP contribution in [0.2, 0.25) is 0 Å². The Balaban J connectivity index is 0. The van der Waals surface area contributed by atoms with Crippen molar-refractivity contribution < 1.29 is 90.8 Å². The second-order valence-electron chi connectivity index (χ2n) is 16.5. The number of aliphatic carboxylic acids is 1. The SMILES string of the molecule is CC(C)(C)OC(=O)CCN.CC(C)(C)OC(=O)CCNC(=O)COCCOCCOCC(=O)NCC(=O)OCc1ccccc1.Cl.O=C(O)COCCOCCOCC(=O)NCC(=O)OCc1ccccc1. The van der Waals surface area contributed by atoms with Gasteiger partial charge in [0, 0.05) is 13.1 Å². The van der Waals surface area contributed by atoms with Crippen LogP contribution in [0.3, 0.4) is 0 Å². The molecule has 0 atom stereocenters. The number of halogens is 1. The van der Waals surface area contributed by atoms with Gasteiger partial charge >= 0.3 is 29.8 Å². The molecule has 0 aliphatic rings. The fraction of sp³-hybridized carbons (Fsp3) is 0.583. The van der Waals surface area contributed by atoms with E-state index in [1.165, 1.54) is 0 Å². The summed E-state index contributed by atoms with van der Waals surface area (Å²) in [5.41, 5.74) is 5.93. The van der Waals surface area contributed by atoms with E-state index in [0.29, 0.717) is 13.0 Å². The number of rotatable bonds is 33. The Labute approximate surface area is 427 Å². The van der Waals surface area contributed by atoms with Gasteiger partial charge in [0.25, 0.3) is 0 Å². The Bertz CT molecular complexity index is 1810. The number of amides is 3. The lowest BCUT2D eigenvalue weighted by Crippen LogP contribution is -2.33. The van der Waals surface area contributed by atoms with Gasteiger partial charge in [-0.05, 0) is 52.7 Å². The van der Waals surface area contributed by atoms with Gasteiger partial charge in [0.2, 0.25) is 17.7 Å². The normalized spacial score (nSPS) is 10.6. The smallest absolute Gasteiger partial charge is 0.329 e. The van der Waals surface area contributed by atoms with Crippen LogP contribution in [-0.4, -0.2) is 169 Å². The number of nitrogens with two attached hydrogens (primary N) is 1. The number of ether oxygens (including phenoxy) is 10. The molecule has 6 N–H and O–H groups in total. The highest BCUT2D eigenvalue weighted by atomic mass is 35.5. The van der Waals surface area contributed by atoms with Crippen LogP contribution < -0.4 is 21.7 Å². The fourth-order valence-corrected chi connectivity index (χ4v) is 4.61. The summed E-state index contributed by atoms with van der Waals surface area (Å²) in [6.07, 6.45) is 0.389. The molecular weight excluding hydrogens is 972 g/mol. The second-order valence-corrected chi connectivity index (χ2v) is 16.5. The summed E-state index contributed by atoms with van der Waals surface area (Å²) in [5, 5.41) is 15.7. The van der Waals surface area contributed by atoms with Gasteiger partial charge in [-0.1, -0.05) is 60.7 Å². The van der Waals surface area contributed by atoms with Crippen molar-refractivity contribution in [2.75, 3.05) is 105 Å². The first-order valence-electron chi connectivity index (χ1n) is 22.7. The number of benzene rings is 2. The molecule has 0 saturated carbocycles. The van der Waals surface area contributed by atoms with E-state index < -0.39 is 35.3 Å². The van der Waals surface area contributed by atoms with E-state index >= 15 is 0 Å². The third-order valence-corrected chi connectivity index (χ3v) is 7.60.